The van der Waals surface area contributed by atoms with Crippen LogP contribution in [0.2, 0.25) is 5.02 Å². The molecule has 0 spiro atoms. The summed E-state index contributed by atoms with van der Waals surface area (Å²) in [6.45, 7) is 4.98. The monoisotopic (exact) mass is 269 g/mol. The largest absolute Gasteiger partial charge is 0.383 e. The number of rotatable bonds is 9. The van der Waals surface area contributed by atoms with Crippen molar-refractivity contribution in [2.75, 3.05) is 26.8 Å². The number of hydrogen-bond acceptors (Lipinski definition) is 2. The number of halogens is 1. The number of methoxy groups -OCH3 is 1. The summed E-state index contributed by atoms with van der Waals surface area (Å²) in [7, 11) is 1.73. The van der Waals surface area contributed by atoms with Gasteiger partial charge in [-0.3, -0.25) is 0 Å². The first-order valence-electron chi connectivity index (χ1n) is 6.70. The fourth-order valence-electron chi connectivity index (χ4n) is 2.16. The van der Waals surface area contributed by atoms with Crippen LogP contribution in [-0.4, -0.2) is 26.8 Å². The van der Waals surface area contributed by atoms with Crippen LogP contribution < -0.4 is 5.32 Å². The average Bonchev–Trinajstić information content (AvgIpc) is 2.35. The summed E-state index contributed by atoms with van der Waals surface area (Å²) in [4.78, 5) is 0. The van der Waals surface area contributed by atoms with Crippen molar-refractivity contribution in [3.63, 3.8) is 0 Å². The third-order valence-corrected chi connectivity index (χ3v) is 3.26. The first kappa shape index (κ1) is 15.5. The molecule has 0 aromatic heterocycles. The fourth-order valence-corrected chi connectivity index (χ4v) is 2.38. The third-order valence-electron chi connectivity index (χ3n) is 3.03. The highest BCUT2D eigenvalue weighted by molar-refractivity contribution is 6.30. The highest BCUT2D eigenvalue weighted by atomic mass is 35.5. The van der Waals surface area contributed by atoms with Crippen molar-refractivity contribution in [2.24, 2.45) is 5.92 Å². The van der Waals surface area contributed by atoms with E-state index in [0.717, 1.165) is 31.1 Å². The Bertz CT molecular complexity index is 330. The molecule has 0 fully saturated rings. The lowest BCUT2D eigenvalue weighted by Crippen LogP contribution is -2.27. The Morgan fingerprint density at radius 2 is 2.22 bits per heavy atom. The van der Waals surface area contributed by atoms with Crippen molar-refractivity contribution in [3.05, 3.63) is 34.9 Å². The molecule has 1 aromatic rings. The Balaban J connectivity index is 2.41. The van der Waals surface area contributed by atoms with Gasteiger partial charge in [0.05, 0.1) is 6.61 Å². The molecule has 0 heterocycles. The zero-order valence-electron chi connectivity index (χ0n) is 11.4. The molecule has 0 saturated heterocycles. The van der Waals surface area contributed by atoms with Crippen LogP contribution in [0, 0.1) is 5.92 Å². The Morgan fingerprint density at radius 1 is 1.39 bits per heavy atom. The molecule has 18 heavy (non-hydrogen) atoms. The summed E-state index contributed by atoms with van der Waals surface area (Å²) in [6.07, 6.45) is 3.55. The predicted molar refractivity (Wildman–Crippen MR) is 78.3 cm³/mol. The quantitative estimate of drug-likeness (QED) is 0.693. The summed E-state index contributed by atoms with van der Waals surface area (Å²) in [6, 6.07) is 8.18. The first-order chi connectivity index (χ1) is 8.76. The third kappa shape index (κ3) is 6.39. The minimum absolute atomic E-state index is 0.672. The summed E-state index contributed by atoms with van der Waals surface area (Å²) < 4.78 is 5.04. The van der Waals surface area contributed by atoms with Crippen LogP contribution in [-0.2, 0) is 11.2 Å². The number of benzene rings is 1. The molecular weight excluding hydrogens is 246 g/mol. The standard InChI is InChI=1S/C15H24ClNO/c1-3-5-14(12-17-8-9-18-2)10-13-6-4-7-15(16)11-13/h4,6-7,11,14,17H,3,5,8-10,12H2,1-2H3. The van der Waals surface area contributed by atoms with Crippen LogP contribution in [0.3, 0.4) is 0 Å². The van der Waals surface area contributed by atoms with Crippen molar-refractivity contribution < 1.29 is 4.74 Å². The van der Waals surface area contributed by atoms with Crippen molar-refractivity contribution in [2.45, 2.75) is 26.2 Å². The lowest BCUT2D eigenvalue weighted by molar-refractivity contribution is 0.197. The predicted octanol–water partition coefficient (Wildman–Crippen LogP) is 3.53. The first-order valence-corrected chi connectivity index (χ1v) is 7.08. The molecule has 0 bridgehead atoms. The maximum Gasteiger partial charge on any atom is 0.0587 e. The van der Waals surface area contributed by atoms with E-state index in [9.17, 15) is 0 Å². The van der Waals surface area contributed by atoms with E-state index in [0.29, 0.717) is 5.92 Å². The molecule has 1 rings (SSSR count). The molecular formula is C15H24ClNO. The zero-order chi connectivity index (χ0) is 13.2. The lowest BCUT2D eigenvalue weighted by Gasteiger charge is -2.17. The van der Waals surface area contributed by atoms with E-state index in [1.54, 1.807) is 7.11 Å². The Morgan fingerprint density at radius 3 is 2.89 bits per heavy atom. The molecule has 0 aliphatic carbocycles. The van der Waals surface area contributed by atoms with E-state index in [-0.39, 0.29) is 0 Å². The second-order valence-electron chi connectivity index (χ2n) is 4.69. The minimum atomic E-state index is 0.672. The van der Waals surface area contributed by atoms with Crippen molar-refractivity contribution in [1.82, 2.24) is 5.32 Å². The van der Waals surface area contributed by atoms with E-state index in [2.05, 4.69) is 24.4 Å². The van der Waals surface area contributed by atoms with E-state index >= 15 is 0 Å². The van der Waals surface area contributed by atoms with Crippen molar-refractivity contribution in [1.29, 1.82) is 0 Å². The second kappa shape index (κ2) is 9.37. The van der Waals surface area contributed by atoms with Crippen LogP contribution in [0.25, 0.3) is 0 Å². The average molecular weight is 270 g/mol. The molecule has 0 aliphatic rings. The van der Waals surface area contributed by atoms with Gasteiger partial charge in [0.1, 0.15) is 0 Å². The summed E-state index contributed by atoms with van der Waals surface area (Å²) in [5.41, 5.74) is 1.33. The summed E-state index contributed by atoms with van der Waals surface area (Å²) in [5.74, 6) is 0.672. The normalized spacial score (nSPS) is 12.6. The van der Waals surface area contributed by atoms with Gasteiger partial charge in [-0.25, -0.2) is 0 Å². The highest BCUT2D eigenvalue weighted by Gasteiger charge is 2.08. The molecule has 2 nitrogen and oxygen atoms in total. The Hall–Kier alpha value is -0.570. The van der Waals surface area contributed by atoms with Crippen molar-refractivity contribution >= 4 is 11.6 Å². The molecule has 1 aromatic carbocycles. The molecule has 0 amide bonds. The topological polar surface area (TPSA) is 21.3 Å². The smallest absolute Gasteiger partial charge is 0.0587 e. The zero-order valence-corrected chi connectivity index (χ0v) is 12.2. The Kier molecular flexibility index (Phi) is 8.06. The molecule has 0 radical (unpaired) electrons. The van der Waals surface area contributed by atoms with Gasteiger partial charge in [-0.1, -0.05) is 37.1 Å². The van der Waals surface area contributed by atoms with Gasteiger partial charge in [-0.15, -0.1) is 0 Å². The van der Waals surface area contributed by atoms with Crippen LogP contribution >= 0.6 is 11.6 Å². The van der Waals surface area contributed by atoms with E-state index in [1.165, 1.54) is 18.4 Å². The van der Waals surface area contributed by atoms with E-state index in [1.807, 2.05) is 12.1 Å². The number of hydrogen-bond donors (Lipinski definition) is 1. The molecule has 3 heteroatoms. The fraction of sp³-hybridized carbons (Fsp3) is 0.600. The number of ether oxygens (including phenoxy) is 1. The molecule has 0 saturated carbocycles. The minimum Gasteiger partial charge on any atom is -0.383 e. The van der Waals surface area contributed by atoms with E-state index < -0.39 is 0 Å². The van der Waals surface area contributed by atoms with Gasteiger partial charge in [0.2, 0.25) is 0 Å². The number of nitrogens with one attached hydrogen (secondary N) is 1. The van der Waals surface area contributed by atoms with Gasteiger partial charge >= 0.3 is 0 Å². The lowest BCUT2D eigenvalue weighted by atomic mass is 9.95. The van der Waals surface area contributed by atoms with Gasteiger partial charge in [-0.2, -0.15) is 0 Å². The maximum absolute atomic E-state index is 6.02. The SMILES string of the molecule is CCCC(CNCCOC)Cc1cccc(Cl)c1. The van der Waals surface area contributed by atoms with Gasteiger partial charge < -0.3 is 10.1 Å². The van der Waals surface area contributed by atoms with Gasteiger partial charge in [0.15, 0.2) is 0 Å². The van der Waals surface area contributed by atoms with Gasteiger partial charge in [0, 0.05) is 18.7 Å². The molecule has 0 aliphatic heterocycles. The second-order valence-corrected chi connectivity index (χ2v) is 5.12. The van der Waals surface area contributed by atoms with E-state index in [4.69, 9.17) is 16.3 Å². The van der Waals surface area contributed by atoms with Crippen LogP contribution in [0.15, 0.2) is 24.3 Å². The maximum atomic E-state index is 6.02. The molecule has 1 unspecified atom stereocenters. The van der Waals surface area contributed by atoms with Crippen LogP contribution in [0.4, 0.5) is 0 Å². The molecule has 1 N–H and O–H groups in total. The summed E-state index contributed by atoms with van der Waals surface area (Å²) in [5, 5.41) is 4.28. The Labute approximate surface area is 116 Å². The molecule has 102 valence electrons. The highest BCUT2D eigenvalue weighted by Crippen LogP contribution is 2.17. The van der Waals surface area contributed by atoms with Gasteiger partial charge in [-0.05, 0) is 43.0 Å². The van der Waals surface area contributed by atoms with Crippen molar-refractivity contribution in [3.8, 4) is 0 Å². The molecule has 1 atom stereocenters. The van der Waals surface area contributed by atoms with Crippen LogP contribution in [0.5, 0.6) is 0 Å². The van der Waals surface area contributed by atoms with Gasteiger partial charge in [0.25, 0.3) is 0 Å². The summed E-state index contributed by atoms with van der Waals surface area (Å²) >= 11 is 6.02. The van der Waals surface area contributed by atoms with Crippen LogP contribution in [0.1, 0.15) is 25.3 Å².